The lowest BCUT2D eigenvalue weighted by Gasteiger charge is -2.30. The summed E-state index contributed by atoms with van der Waals surface area (Å²) in [4.78, 5) is 11.8. The highest BCUT2D eigenvalue weighted by molar-refractivity contribution is 7.80. The average Bonchev–Trinajstić information content (AvgIpc) is 2.54. The summed E-state index contributed by atoms with van der Waals surface area (Å²) in [6, 6.07) is 5.16. The van der Waals surface area contributed by atoms with Crippen LogP contribution in [0, 0.1) is 5.92 Å². The minimum Gasteiger partial charge on any atom is -0.482 e. The van der Waals surface area contributed by atoms with Gasteiger partial charge in [-0.2, -0.15) is 0 Å². The number of hydrazine groups is 1. The molecule has 8 heteroatoms. The molecule has 3 N–H and O–H groups in total. The fraction of sp³-hybridized carbons (Fsp3) is 0.500. The first-order chi connectivity index (χ1) is 11.5. The molecule has 1 aliphatic rings. The number of thiocarbonyl (C=S) groups is 1. The Morgan fingerprint density at radius 2 is 2.04 bits per heavy atom. The minimum atomic E-state index is -0.359. The summed E-state index contributed by atoms with van der Waals surface area (Å²) in [5.41, 5.74) is 5.20. The first-order valence-corrected chi connectivity index (χ1v) is 9.05. The van der Waals surface area contributed by atoms with E-state index in [1.54, 1.807) is 18.2 Å². The van der Waals surface area contributed by atoms with Gasteiger partial charge in [0.05, 0.1) is 5.02 Å². The third-order valence-electron chi connectivity index (χ3n) is 4.00. The molecule has 0 unspecified atom stereocenters. The molecule has 0 bridgehead atoms. The number of nitrogens with one attached hydrogen (secondary N) is 3. The fourth-order valence-corrected chi connectivity index (χ4v) is 3.30. The molecule has 1 fully saturated rings. The summed E-state index contributed by atoms with van der Waals surface area (Å²) in [5, 5.41) is 4.51. The Kier molecular flexibility index (Phi) is 7.40. The summed E-state index contributed by atoms with van der Waals surface area (Å²) in [6.45, 7) is 2.03. The van der Waals surface area contributed by atoms with Crippen LogP contribution < -0.4 is 20.9 Å². The highest BCUT2D eigenvalue weighted by atomic mass is 35.5. The number of carbonyl (C=O) groups is 1. The summed E-state index contributed by atoms with van der Waals surface area (Å²) < 4.78 is 5.35. The van der Waals surface area contributed by atoms with E-state index in [2.05, 4.69) is 23.1 Å². The molecule has 0 saturated heterocycles. The van der Waals surface area contributed by atoms with Gasteiger partial charge in [-0.15, -0.1) is 0 Å². The van der Waals surface area contributed by atoms with Crippen LogP contribution in [0.4, 0.5) is 0 Å². The lowest BCUT2D eigenvalue weighted by molar-refractivity contribution is -0.123. The smallest absolute Gasteiger partial charge is 0.276 e. The predicted octanol–water partition coefficient (Wildman–Crippen LogP) is 3.45. The lowest BCUT2D eigenvalue weighted by Crippen LogP contribution is -2.52. The Morgan fingerprint density at radius 1 is 1.29 bits per heavy atom. The van der Waals surface area contributed by atoms with Crippen molar-refractivity contribution in [1.82, 2.24) is 16.2 Å². The van der Waals surface area contributed by atoms with Crippen molar-refractivity contribution < 1.29 is 9.53 Å². The topological polar surface area (TPSA) is 62.4 Å². The molecule has 0 radical (unpaired) electrons. The molecule has 1 aliphatic carbocycles. The zero-order valence-corrected chi connectivity index (χ0v) is 15.7. The molecular formula is C16H21Cl2N3O2S. The number of ether oxygens (including phenoxy) is 1. The van der Waals surface area contributed by atoms with E-state index in [-0.39, 0.29) is 12.5 Å². The maximum absolute atomic E-state index is 11.8. The van der Waals surface area contributed by atoms with Crippen LogP contribution in [0.3, 0.4) is 0 Å². The third-order valence-corrected chi connectivity index (χ3v) is 4.75. The largest absolute Gasteiger partial charge is 0.482 e. The van der Waals surface area contributed by atoms with Gasteiger partial charge in [0.15, 0.2) is 11.7 Å². The van der Waals surface area contributed by atoms with Crippen LogP contribution in [0.2, 0.25) is 10.0 Å². The van der Waals surface area contributed by atoms with Crippen molar-refractivity contribution in [3.05, 3.63) is 28.2 Å². The van der Waals surface area contributed by atoms with Gasteiger partial charge in [-0.05, 0) is 49.2 Å². The number of carbonyl (C=O) groups excluding carboxylic acids is 1. The normalized spacial score (nSPS) is 20.1. The van der Waals surface area contributed by atoms with E-state index in [4.69, 9.17) is 40.2 Å². The van der Waals surface area contributed by atoms with E-state index in [1.807, 2.05) is 0 Å². The van der Waals surface area contributed by atoms with E-state index in [9.17, 15) is 4.79 Å². The molecular weight excluding hydrogens is 369 g/mol. The zero-order valence-electron chi connectivity index (χ0n) is 13.4. The Labute approximate surface area is 157 Å². The number of benzene rings is 1. The maximum Gasteiger partial charge on any atom is 0.276 e. The summed E-state index contributed by atoms with van der Waals surface area (Å²) >= 11 is 17.0. The van der Waals surface area contributed by atoms with Crippen LogP contribution in [0.1, 0.15) is 32.6 Å². The van der Waals surface area contributed by atoms with Crippen molar-refractivity contribution in [2.45, 2.75) is 38.6 Å². The van der Waals surface area contributed by atoms with Crippen LogP contribution in [0.15, 0.2) is 18.2 Å². The van der Waals surface area contributed by atoms with Crippen molar-refractivity contribution in [3.8, 4) is 5.75 Å². The molecule has 0 spiro atoms. The second kappa shape index (κ2) is 9.30. The molecule has 2 atom stereocenters. The minimum absolute atomic E-state index is 0.184. The van der Waals surface area contributed by atoms with Gasteiger partial charge in [0.2, 0.25) is 0 Å². The number of amides is 1. The third kappa shape index (κ3) is 6.00. The Balaban J connectivity index is 1.69. The van der Waals surface area contributed by atoms with Crippen LogP contribution in [-0.4, -0.2) is 23.7 Å². The van der Waals surface area contributed by atoms with Gasteiger partial charge in [-0.25, -0.2) is 0 Å². The first kappa shape index (κ1) is 19.1. The van der Waals surface area contributed by atoms with Gasteiger partial charge in [0.25, 0.3) is 5.91 Å². The molecule has 132 valence electrons. The van der Waals surface area contributed by atoms with Crippen LogP contribution in [0.5, 0.6) is 5.75 Å². The van der Waals surface area contributed by atoms with Crippen molar-refractivity contribution in [3.63, 3.8) is 0 Å². The molecule has 1 saturated carbocycles. The maximum atomic E-state index is 11.8. The van der Waals surface area contributed by atoms with E-state index >= 15 is 0 Å². The first-order valence-electron chi connectivity index (χ1n) is 7.89. The van der Waals surface area contributed by atoms with Crippen LogP contribution in [-0.2, 0) is 4.79 Å². The highest BCUT2D eigenvalue weighted by Crippen LogP contribution is 2.27. The van der Waals surface area contributed by atoms with Gasteiger partial charge in [0, 0.05) is 11.1 Å². The van der Waals surface area contributed by atoms with Gasteiger partial charge < -0.3 is 10.1 Å². The van der Waals surface area contributed by atoms with E-state index in [0.717, 1.165) is 6.42 Å². The van der Waals surface area contributed by atoms with Gasteiger partial charge in [-0.1, -0.05) is 43.0 Å². The zero-order chi connectivity index (χ0) is 17.5. The van der Waals surface area contributed by atoms with E-state index in [0.29, 0.717) is 32.9 Å². The van der Waals surface area contributed by atoms with Gasteiger partial charge >= 0.3 is 0 Å². The average molecular weight is 390 g/mol. The SMILES string of the molecule is C[C@@H]1CCCC[C@H]1NC(=S)NNC(=O)COc1ccc(Cl)cc1Cl. The van der Waals surface area contributed by atoms with E-state index in [1.165, 1.54) is 19.3 Å². The van der Waals surface area contributed by atoms with E-state index < -0.39 is 0 Å². The molecule has 0 aromatic heterocycles. The van der Waals surface area contributed by atoms with Gasteiger partial charge in [0.1, 0.15) is 5.75 Å². The van der Waals surface area contributed by atoms with Crippen molar-refractivity contribution in [2.75, 3.05) is 6.61 Å². The van der Waals surface area contributed by atoms with Crippen molar-refractivity contribution in [1.29, 1.82) is 0 Å². The molecule has 0 aliphatic heterocycles. The summed E-state index contributed by atoms with van der Waals surface area (Å²) in [7, 11) is 0. The molecule has 2 rings (SSSR count). The molecule has 5 nitrogen and oxygen atoms in total. The standard InChI is InChI=1S/C16H21Cl2N3O2S/c1-10-4-2-3-5-13(10)19-16(24)21-20-15(22)9-23-14-7-6-11(17)8-12(14)18/h6-8,10,13H,2-5,9H2,1H3,(H,20,22)(H2,19,21,24)/t10-,13-/m1/s1. The monoisotopic (exact) mass is 389 g/mol. The van der Waals surface area contributed by atoms with Crippen LogP contribution in [0.25, 0.3) is 0 Å². The predicted molar refractivity (Wildman–Crippen MR) is 100 cm³/mol. The molecule has 1 amide bonds. The number of hydrogen-bond acceptors (Lipinski definition) is 3. The molecule has 1 aromatic rings. The van der Waals surface area contributed by atoms with Crippen LogP contribution >= 0.6 is 35.4 Å². The number of halogens is 2. The summed E-state index contributed by atoms with van der Waals surface area (Å²) in [5.74, 6) is 0.611. The molecule has 0 heterocycles. The second-order valence-electron chi connectivity index (χ2n) is 5.88. The molecule has 24 heavy (non-hydrogen) atoms. The summed E-state index contributed by atoms with van der Waals surface area (Å²) in [6.07, 6.45) is 4.75. The second-order valence-corrected chi connectivity index (χ2v) is 7.13. The van der Waals surface area contributed by atoms with Crippen molar-refractivity contribution in [2.24, 2.45) is 5.92 Å². The fourth-order valence-electron chi connectivity index (χ4n) is 2.63. The Bertz CT molecular complexity index is 601. The Morgan fingerprint density at radius 3 is 2.75 bits per heavy atom. The highest BCUT2D eigenvalue weighted by Gasteiger charge is 2.21. The lowest BCUT2D eigenvalue weighted by atomic mass is 9.86. The van der Waals surface area contributed by atoms with Crippen molar-refractivity contribution >= 4 is 46.4 Å². The quantitative estimate of drug-likeness (QED) is 0.543. The molecule has 1 aromatic carbocycles. The Hall–Kier alpha value is -1.24. The number of hydrogen-bond donors (Lipinski definition) is 3. The number of rotatable bonds is 4. The van der Waals surface area contributed by atoms with Gasteiger partial charge in [-0.3, -0.25) is 15.6 Å².